The van der Waals surface area contributed by atoms with Crippen molar-refractivity contribution in [1.82, 2.24) is 0 Å². The molecule has 6 nitrogen and oxygen atoms in total. The number of epoxide rings is 1. The Morgan fingerprint density at radius 3 is 1.98 bits per heavy atom. The predicted octanol–water partition coefficient (Wildman–Crippen LogP) is 4.20. The lowest BCUT2D eigenvalue weighted by Gasteiger charge is -2.56. The summed E-state index contributed by atoms with van der Waals surface area (Å²) in [6.45, 7) is 0. The first-order valence-electron chi connectivity index (χ1n) is 13.6. The van der Waals surface area contributed by atoms with Gasteiger partial charge in [-0.2, -0.15) is 0 Å². The molecule has 0 amide bonds. The first-order valence-corrected chi connectivity index (χ1v) is 13.6. The van der Waals surface area contributed by atoms with E-state index in [9.17, 15) is 20.1 Å². The van der Waals surface area contributed by atoms with Crippen LogP contribution >= 0.6 is 0 Å². The molecule has 7 rings (SSSR count). The number of hydrogen-bond acceptors (Lipinski definition) is 6. The highest BCUT2D eigenvalue weighted by atomic mass is 16.7. The first kappa shape index (κ1) is 25.2. The molecule has 2 saturated heterocycles. The van der Waals surface area contributed by atoms with Gasteiger partial charge in [-0.05, 0) is 28.7 Å². The number of hydrogen-bond donors (Lipinski definition) is 3. The molecule has 2 aliphatic heterocycles. The molecule has 0 bridgehead atoms. The zero-order valence-electron chi connectivity index (χ0n) is 21.8. The van der Waals surface area contributed by atoms with Gasteiger partial charge in [0.2, 0.25) is 5.60 Å². The van der Waals surface area contributed by atoms with Gasteiger partial charge in [-0.1, -0.05) is 121 Å². The van der Waals surface area contributed by atoms with Crippen molar-refractivity contribution in [2.75, 3.05) is 0 Å². The lowest BCUT2D eigenvalue weighted by atomic mass is 9.51. The standard InChI is InChI=1S/C34H30O6/c35-28-21-27(24-15-7-2-8-16-24)33(29(36)25-17-9-3-10-18-25)34(32(28,38)26-19-11-4-12-20-26)31(40-34,30(37)39-33)22-23-13-5-1-6-14-23/h1-20,27-29,35-36,38H,21-22H2/t27-,28+,29-,31-,32-,33+,34-/m1/s1. The summed E-state index contributed by atoms with van der Waals surface area (Å²) >= 11 is 0. The van der Waals surface area contributed by atoms with Crippen LogP contribution in [0.25, 0.3) is 0 Å². The van der Waals surface area contributed by atoms with Gasteiger partial charge in [0.1, 0.15) is 6.10 Å². The average Bonchev–Trinajstić information content (AvgIpc) is 3.64. The summed E-state index contributed by atoms with van der Waals surface area (Å²) in [5.74, 6) is -1.34. The molecule has 0 radical (unpaired) electrons. The second-order valence-electron chi connectivity index (χ2n) is 11.1. The Hall–Kier alpha value is -3.81. The fraction of sp³-hybridized carbons (Fsp3) is 0.265. The Morgan fingerprint density at radius 1 is 0.800 bits per heavy atom. The molecule has 0 aromatic heterocycles. The summed E-state index contributed by atoms with van der Waals surface area (Å²) in [5, 5.41) is 37.1. The number of ether oxygens (including phenoxy) is 2. The van der Waals surface area contributed by atoms with Gasteiger partial charge in [0.05, 0.1) is 6.10 Å². The van der Waals surface area contributed by atoms with E-state index in [2.05, 4.69) is 0 Å². The zero-order valence-corrected chi connectivity index (χ0v) is 21.8. The van der Waals surface area contributed by atoms with Crippen molar-refractivity contribution in [1.29, 1.82) is 0 Å². The third-order valence-electron chi connectivity index (χ3n) is 9.22. The number of benzene rings is 4. The number of esters is 1. The molecule has 1 aliphatic carbocycles. The van der Waals surface area contributed by atoms with E-state index in [1.807, 2.05) is 84.9 Å². The second kappa shape index (κ2) is 8.85. The number of carbonyl (C=O) groups is 1. The Labute approximate surface area is 232 Å². The van der Waals surface area contributed by atoms with Gasteiger partial charge in [0.15, 0.2) is 16.8 Å². The van der Waals surface area contributed by atoms with Crippen LogP contribution in [0.15, 0.2) is 121 Å². The Balaban J connectivity index is 1.53. The minimum Gasteiger partial charge on any atom is -0.450 e. The molecule has 1 saturated carbocycles. The molecule has 7 atom stereocenters. The van der Waals surface area contributed by atoms with Gasteiger partial charge in [0, 0.05) is 12.3 Å². The number of aliphatic hydroxyl groups excluding tert-OH is 2. The van der Waals surface area contributed by atoms with Crippen molar-refractivity contribution in [2.45, 2.75) is 53.4 Å². The van der Waals surface area contributed by atoms with Crippen LogP contribution in [-0.4, -0.2) is 44.2 Å². The molecular weight excluding hydrogens is 504 g/mol. The van der Waals surface area contributed by atoms with Gasteiger partial charge in [0.25, 0.3) is 0 Å². The van der Waals surface area contributed by atoms with Gasteiger partial charge < -0.3 is 24.8 Å². The molecule has 0 unspecified atom stereocenters. The molecule has 3 fully saturated rings. The van der Waals surface area contributed by atoms with E-state index in [0.29, 0.717) is 11.1 Å². The summed E-state index contributed by atoms with van der Waals surface area (Å²) in [6.07, 6.45) is -2.56. The van der Waals surface area contributed by atoms with Crippen LogP contribution in [0.5, 0.6) is 0 Å². The van der Waals surface area contributed by atoms with E-state index in [1.165, 1.54) is 0 Å². The van der Waals surface area contributed by atoms with Crippen molar-refractivity contribution in [3.63, 3.8) is 0 Å². The topological polar surface area (TPSA) is 99.5 Å². The quantitative estimate of drug-likeness (QED) is 0.253. The fourth-order valence-corrected chi connectivity index (χ4v) is 7.52. The second-order valence-corrected chi connectivity index (χ2v) is 11.1. The molecule has 3 aliphatic rings. The summed E-state index contributed by atoms with van der Waals surface area (Å²) in [5.41, 5.74) is -4.78. The number of aliphatic hydroxyl groups is 3. The van der Waals surface area contributed by atoms with Gasteiger partial charge in [-0.3, -0.25) is 0 Å². The monoisotopic (exact) mass is 534 g/mol. The molecular formula is C34H30O6. The maximum atomic E-state index is 14.2. The van der Waals surface area contributed by atoms with E-state index in [-0.39, 0.29) is 12.8 Å². The van der Waals surface area contributed by atoms with Gasteiger partial charge in [-0.15, -0.1) is 0 Å². The highest BCUT2D eigenvalue weighted by molar-refractivity contribution is 5.92. The van der Waals surface area contributed by atoms with E-state index in [4.69, 9.17) is 9.47 Å². The van der Waals surface area contributed by atoms with Crippen molar-refractivity contribution in [3.05, 3.63) is 144 Å². The van der Waals surface area contributed by atoms with Crippen molar-refractivity contribution < 1.29 is 29.6 Å². The van der Waals surface area contributed by atoms with Crippen LogP contribution in [0.1, 0.15) is 40.7 Å². The summed E-state index contributed by atoms with van der Waals surface area (Å²) in [7, 11) is 0. The van der Waals surface area contributed by atoms with Crippen LogP contribution in [0, 0.1) is 0 Å². The van der Waals surface area contributed by atoms with Gasteiger partial charge in [-0.25, -0.2) is 4.79 Å². The maximum Gasteiger partial charge on any atom is 0.342 e. The lowest BCUT2D eigenvalue weighted by molar-refractivity contribution is -0.263. The van der Waals surface area contributed by atoms with Crippen molar-refractivity contribution in [3.8, 4) is 0 Å². The van der Waals surface area contributed by atoms with Crippen LogP contribution in [0.4, 0.5) is 0 Å². The summed E-state index contributed by atoms with van der Waals surface area (Å²) in [4.78, 5) is 14.2. The Kier molecular flexibility index (Phi) is 5.57. The summed E-state index contributed by atoms with van der Waals surface area (Å²) in [6, 6.07) is 36.6. The molecule has 4 aromatic rings. The van der Waals surface area contributed by atoms with Gasteiger partial charge >= 0.3 is 5.97 Å². The van der Waals surface area contributed by atoms with E-state index in [0.717, 1.165) is 11.1 Å². The third-order valence-corrected chi connectivity index (χ3v) is 9.22. The van der Waals surface area contributed by atoms with Crippen LogP contribution in [-0.2, 0) is 26.3 Å². The van der Waals surface area contributed by atoms with E-state index in [1.54, 1.807) is 36.4 Å². The normalized spacial score (nSPS) is 34.8. The molecule has 3 N–H and O–H groups in total. The molecule has 2 heterocycles. The molecule has 4 aromatic carbocycles. The van der Waals surface area contributed by atoms with Crippen LogP contribution < -0.4 is 0 Å². The Morgan fingerprint density at radius 2 is 1.35 bits per heavy atom. The predicted molar refractivity (Wildman–Crippen MR) is 147 cm³/mol. The molecule has 40 heavy (non-hydrogen) atoms. The number of rotatable bonds is 6. The average molecular weight is 535 g/mol. The van der Waals surface area contributed by atoms with Crippen LogP contribution in [0.2, 0.25) is 0 Å². The van der Waals surface area contributed by atoms with E-state index < -0.39 is 46.5 Å². The maximum absolute atomic E-state index is 14.2. The molecule has 1 spiro atoms. The minimum atomic E-state index is -2.07. The zero-order chi connectivity index (χ0) is 27.6. The Bertz CT molecular complexity index is 1530. The highest BCUT2D eigenvalue weighted by Crippen LogP contribution is 2.78. The lowest BCUT2D eigenvalue weighted by Crippen LogP contribution is -2.71. The fourth-order valence-electron chi connectivity index (χ4n) is 7.52. The largest absolute Gasteiger partial charge is 0.450 e. The van der Waals surface area contributed by atoms with Crippen molar-refractivity contribution in [2.24, 2.45) is 0 Å². The summed E-state index contributed by atoms with van der Waals surface area (Å²) < 4.78 is 13.1. The van der Waals surface area contributed by atoms with Crippen LogP contribution in [0.3, 0.4) is 0 Å². The molecule has 6 heteroatoms. The molecule has 202 valence electrons. The third kappa shape index (κ3) is 3.05. The number of carbonyl (C=O) groups excluding carboxylic acids is 1. The van der Waals surface area contributed by atoms with Crippen molar-refractivity contribution >= 4 is 5.97 Å². The smallest absolute Gasteiger partial charge is 0.342 e. The first-order chi connectivity index (χ1) is 19.4. The SMILES string of the molecule is O=C1O[C@]2([C@H](O)c3ccccc3)[C@@H](c3ccccc3)C[C@H](O)[C@](O)(c3ccccc3)[C@@]23O[C@]13Cc1ccccc1. The minimum absolute atomic E-state index is 0.0269. The highest BCUT2D eigenvalue weighted by Gasteiger charge is 2.99. The van der Waals surface area contributed by atoms with E-state index >= 15 is 0 Å².